The van der Waals surface area contributed by atoms with Crippen molar-refractivity contribution < 1.29 is 0 Å². The summed E-state index contributed by atoms with van der Waals surface area (Å²) in [5.74, 6) is 1.77. The SMILES string of the molecule is CNc1nc2c(c(NC3CCCCC3)n1)CNCC2. The van der Waals surface area contributed by atoms with E-state index >= 15 is 0 Å². The molecule has 1 aliphatic heterocycles. The highest BCUT2D eigenvalue weighted by molar-refractivity contribution is 5.52. The molecule has 1 aromatic rings. The van der Waals surface area contributed by atoms with Gasteiger partial charge >= 0.3 is 0 Å². The van der Waals surface area contributed by atoms with Gasteiger partial charge < -0.3 is 16.0 Å². The van der Waals surface area contributed by atoms with Crippen LogP contribution in [-0.2, 0) is 13.0 Å². The zero-order chi connectivity index (χ0) is 13.1. The standard InChI is InChI=1S/C14H23N5/c1-15-14-18-12-7-8-16-9-11(12)13(19-14)17-10-5-3-2-4-6-10/h10,16H,2-9H2,1H3,(H2,15,17,18,19). The van der Waals surface area contributed by atoms with E-state index in [4.69, 9.17) is 0 Å². The van der Waals surface area contributed by atoms with Crippen molar-refractivity contribution in [1.29, 1.82) is 0 Å². The topological polar surface area (TPSA) is 61.9 Å². The normalized spacial score (nSPS) is 19.8. The molecular weight excluding hydrogens is 238 g/mol. The lowest BCUT2D eigenvalue weighted by Gasteiger charge is -2.26. The second-order valence-corrected chi connectivity index (χ2v) is 5.48. The van der Waals surface area contributed by atoms with Crippen molar-refractivity contribution in [3.05, 3.63) is 11.3 Å². The molecule has 0 bridgehead atoms. The number of nitrogens with one attached hydrogen (secondary N) is 3. The van der Waals surface area contributed by atoms with Gasteiger partial charge in [0, 0.05) is 38.2 Å². The van der Waals surface area contributed by atoms with Gasteiger partial charge in [0.15, 0.2) is 0 Å². The molecule has 1 aliphatic carbocycles. The van der Waals surface area contributed by atoms with E-state index in [-0.39, 0.29) is 0 Å². The maximum atomic E-state index is 4.63. The first kappa shape index (κ1) is 12.7. The fourth-order valence-corrected chi connectivity index (χ4v) is 3.01. The van der Waals surface area contributed by atoms with E-state index in [1.54, 1.807) is 0 Å². The number of rotatable bonds is 3. The van der Waals surface area contributed by atoms with E-state index in [0.29, 0.717) is 6.04 Å². The molecule has 2 heterocycles. The number of hydrogen-bond donors (Lipinski definition) is 3. The molecule has 1 fully saturated rings. The van der Waals surface area contributed by atoms with Crippen LogP contribution in [0.1, 0.15) is 43.4 Å². The molecule has 0 amide bonds. The van der Waals surface area contributed by atoms with Crippen LogP contribution in [0.2, 0.25) is 0 Å². The minimum absolute atomic E-state index is 0.583. The van der Waals surface area contributed by atoms with E-state index in [1.165, 1.54) is 43.4 Å². The summed E-state index contributed by atoms with van der Waals surface area (Å²) in [4.78, 5) is 9.21. The predicted molar refractivity (Wildman–Crippen MR) is 77.5 cm³/mol. The largest absolute Gasteiger partial charge is 0.367 e. The first-order valence-electron chi connectivity index (χ1n) is 7.41. The highest BCUT2D eigenvalue weighted by Crippen LogP contribution is 2.26. The molecule has 0 saturated heterocycles. The fraction of sp³-hybridized carbons (Fsp3) is 0.714. The molecule has 104 valence electrons. The Morgan fingerprint density at radius 2 is 2.00 bits per heavy atom. The summed E-state index contributed by atoms with van der Waals surface area (Å²) in [5.41, 5.74) is 2.45. The Labute approximate surface area is 114 Å². The van der Waals surface area contributed by atoms with Gasteiger partial charge in [0.05, 0.1) is 5.69 Å². The maximum absolute atomic E-state index is 4.63. The first-order chi connectivity index (χ1) is 9.36. The van der Waals surface area contributed by atoms with Crippen molar-refractivity contribution in [2.45, 2.75) is 51.1 Å². The molecule has 0 radical (unpaired) electrons. The molecule has 3 N–H and O–H groups in total. The van der Waals surface area contributed by atoms with Crippen LogP contribution in [-0.4, -0.2) is 29.6 Å². The molecule has 19 heavy (non-hydrogen) atoms. The van der Waals surface area contributed by atoms with Gasteiger partial charge in [0.25, 0.3) is 0 Å². The minimum atomic E-state index is 0.583. The van der Waals surface area contributed by atoms with Crippen LogP contribution in [0.3, 0.4) is 0 Å². The molecule has 1 aromatic heterocycles. The van der Waals surface area contributed by atoms with Crippen molar-refractivity contribution in [2.75, 3.05) is 24.2 Å². The van der Waals surface area contributed by atoms with E-state index in [1.807, 2.05) is 7.05 Å². The van der Waals surface area contributed by atoms with Crippen LogP contribution in [0, 0.1) is 0 Å². The average Bonchev–Trinajstić information content (AvgIpc) is 2.48. The summed E-state index contributed by atoms with van der Waals surface area (Å²) >= 11 is 0. The van der Waals surface area contributed by atoms with E-state index < -0.39 is 0 Å². The Kier molecular flexibility index (Phi) is 3.82. The van der Waals surface area contributed by atoms with Crippen LogP contribution < -0.4 is 16.0 Å². The summed E-state index contributed by atoms with van der Waals surface area (Å²) < 4.78 is 0. The average molecular weight is 261 g/mol. The lowest BCUT2D eigenvalue weighted by molar-refractivity contribution is 0.461. The van der Waals surface area contributed by atoms with E-state index in [2.05, 4.69) is 25.9 Å². The first-order valence-corrected chi connectivity index (χ1v) is 7.41. The lowest BCUT2D eigenvalue weighted by Crippen LogP contribution is -2.29. The van der Waals surface area contributed by atoms with Crippen molar-refractivity contribution in [2.24, 2.45) is 0 Å². The number of fused-ring (bicyclic) bond motifs is 1. The second-order valence-electron chi connectivity index (χ2n) is 5.48. The fourth-order valence-electron chi connectivity index (χ4n) is 3.01. The van der Waals surface area contributed by atoms with E-state index in [9.17, 15) is 0 Å². The van der Waals surface area contributed by atoms with Gasteiger partial charge in [-0.1, -0.05) is 19.3 Å². The number of hydrogen-bond acceptors (Lipinski definition) is 5. The molecule has 0 unspecified atom stereocenters. The number of anilines is 2. The van der Waals surface area contributed by atoms with Crippen LogP contribution in [0.25, 0.3) is 0 Å². The Bertz CT molecular complexity index is 440. The van der Waals surface area contributed by atoms with Crippen molar-refractivity contribution in [1.82, 2.24) is 15.3 Å². The van der Waals surface area contributed by atoms with Crippen LogP contribution in [0.5, 0.6) is 0 Å². The van der Waals surface area contributed by atoms with Crippen molar-refractivity contribution in [3.63, 3.8) is 0 Å². The third kappa shape index (κ3) is 2.81. The maximum Gasteiger partial charge on any atom is 0.224 e. The summed E-state index contributed by atoms with van der Waals surface area (Å²) in [6.45, 7) is 1.89. The Balaban J connectivity index is 1.85. The third-order valence-corrected chi connectivity index (χ3v) is 4.10. The Morgan fingerprint density at radius 1 is 1.16 bits per heavy atom. The van der Waals surface area contributed by atoms with Gasteiger partial charge in [-0.3, -0.25) is 0 Å². The molecule has 1 saturated carbocycles. The van der Waals surface area contributed by atoms with Crippen LogP contribution in [0.15, 0.2) is 0 Å². The van der Waals surface area contributed by atoms with Gasteiger partial charge in [0.1, 0.15) is 5.82 Å². The monoisotopic (exact) mass is 261 g/mol. The molecule has 5 nitrogen and oxygen atoms in total. The summed E-state index contributed by atoms with van der Waals surface area (Å²) in [7, 11) is 1.88. The predicted octanol–water partition coefficient (Wildman–Crippen LogP) is 1.91. The van der Waals surface area contributed by atoms with E-state index in [0.717, 1.165) is 31.3 Å². The van der Waals surface area contributed by atoms with Crippen molar-refractivity contribution in [3.8, 4) is 0 Å². The molecule has 0 aromatic carbocycles. The second kappa shape index (κ2) is 5.74. The van der Waals surface area contributed by atoms with Gasteiger partial charge in [-0.05, 0) is 12.8 Å². The molecule has 5 heteroatoms. The lowest BCUT2D eigenvalue weighted by atomic mass is 9.95. The zero-order valence-electron chi connectivity index (χ0n) is 11.6. The Hall–Kier alpha value is -1.36. The highest BCUT2D eigenvalue weighted by Gasteiger charge is 2.20. The quantitative estimate of drug-likeness (QED) is 0.776. The third-order valence-electron chi connectivity index (χ3n) is 4.10. The minimum Gasteiger partial charge on any atom is -0.367 e. The number of aromatic nitrogens is 2. The molecular formula is C14H23N5. The summed E-state index contributed by atoms with van der Waals surface area (Å²) in [6.07, 6.45) is 7.57. The van der Waals surface area contributed by atoms with Gasteiger partial charge in [-0.15, -0.1) is 0 Å². The van der Waals surface area contributed by atoms with Crippen molar-refractivity contribution >= 4 is 11.8 Å². The molecule has 0 spiro atoms. The van der Waals surface area contributed by atoms with Crippen LogP contribution in [0.4, 0.5) is 11.8 Å². The summed E-state index contributed by atoms with van der Waals surface area (Å²) in [6, 6.07) is 0.583. The van der Waals surface area contributed by atoms with Gasteiger partial charge in [0.2, 0.25) is 5.95 Å². The molecule has 0 atom stereocenters. The van der Waals surface area contributed by atoms with Gasteiger partial charge in [-0.25, -0.2) is 4.98 Å². The zero-order valence-corrected chi connectivity index (χ0v) is 11.6. The highest BCUT2D eigenvalue weighted by atomic mass is 15.2. The smallest absolute Gasteiger partial charge is 0.224 e. The number of nitrogens with zero attached hydrogens (tertiary/aromatic N) is 2. The van der Waals surface area contributed by atoms with Crippen LogP contribution >= 0.6 is 0 Å². The van der Waals surface area contributed by atoms with Gasteiger partial charge in [-0.2, -0.15) is 4.98 Å². The molecule has 3 rings (SSSR count). The molecule has 2 aliphatic rings. The summed E-state index contributed by atoms with van der Waals surface area (Å²) in [5, 5.41) is 10.1. The Morgan fingerprint density at radius 3 is 2.79 bits per heavy atom.